The maximum Gasteiger partial charge on any atom is 0.269 e. The largest absolute Gasteiger partial charge is 0.322 e. The molecule has 2 aliphatic rings. The first-order chi connectivity index (χ1) is 15.9. The molecule has 1 unspecified atom stereocenters. The molecule has 2 aliphatic heterocycles. The zero-order valence-electron chi connectivity index (χ0n) is 17.7. The molecule has 3 aromatic rings. The minimum atomic E-state index is -1.29. The molecular weight excluding hydrogens is 441 g/mol. The summed E-state index contributed by atoms with van der Waals surface area (Å²) in [6.07, 6.45) is 0. The van der Waals surface area contributed by atoms with Crippen molar-refractivity contribution in [2.75, 3.05) is 27.4 Å². The number of para-hydroxylation sites is 2. The Morgan fingerprint density at radius 3 is 2.61 bits per heavy atom. The van der Waals surface area contributed by atoms with Gasteiger partial charge in [0.25, 0.3) is 5.91 Å². The summed E-state index contributed by atoms with van der Waals surface area (Å²) < 4.78 is 14.0. The van der Waals surface area contributed by atoms with E-state index in [1.54, 1.807) is 23.1 Å². The minimum absolute atomic E-state index is 0.0453. The van der Waals surface area contributed by atoms with Crippen molar-refractivity contribution in [2.45, 2.75) is 11.8 Å². The number of rotatable bonds is 4. The third kappa shape index (κ3) is 3.38. The third-order valence-electron chi connectivity index (χ3n) is 5.77. The van der Waals surface area contributed by atoms with E-state index in [4.69, 9.17) is 0 Å². The molecule has 0 saturated carbocycles. The lowest BCUT2D eigenvalue weighted by atomic mass is 10.0. The predicted molar refractivity (Wildman–Crippen MR) is 127 cm³/mol. The van der Waals surface area contributed by atoms with Gasteiger partial charge in [0.15, 0.2) is 0 Å². The Labute approximate surface area is 194 Å². The van der Waals surface area contributed by atoms with Crippen LogP contribution in [0.25, 0.3) is 0 Å². The average molecular weight is 462 g/mol. The standard InChI is InChI=1S/C25H20FN3O3S/c1-16-7-6-8-17(13-16)29-23(31)15-33-25(29)18-9-2-5-12-21(18)28(24(25)32)14-22(30)27-20-11-4-3-10-19(20)26/h2-13H,14-15H2,1H3,(H,27,30). The molecule has 0 bridgehead atoms. The van der Waals surface area contributed by atoms with Crippen LogP contribution in [-0.4, -0.2) is 30.0 Å². The van der Waals surface area contributed by atoms with E-state index < -0.39 is 16.6 Å². The van der Waals surface area contributed by atoms with E-state index in [-0.39, 0.29) is 29.8 Å². The third-order valence-corrected chi connectivity index (χ3v) is 7.16. The van der Waals surface area contributed by atoms with E-state index in [1.165, 1.54) is 34.9 Å². The zero-order valence-corrected chi connectivity index (χ0v) is 18.6. The molecule has 1 atom stereocenters. The molecule has 3 aromatic carbocycles. The summed E-state index contributed by atoms with van der Waals surface area (Å²) in [5.41, 5.74) is 2.86. The monoisotopic (exact) mass is 461 g/mol. The number of thioether (sulfide) groups is 1. The van der Waals surface area contributed by atoms with Crippen molar-refractivity contribution in [3.63, 3.8) is 0 Å². The van der Waals surface area contributed by atoms with Gasteiger partial charge in [0.05, 0.1) is 17.1 Å². The lowest BCUT2D eigenvalue weighted by molar-refractivity contribution is -0.124. The Morgan fingerprint density at radius 2 is 1.82 bits per heavy atom. The molecule has 33 heavy (non-hydrogen) atoms. The van der Waals surface area contributed by atoms with E-state index in [0.717, 1.165) is 5.56 Å². The molecular formula is C25H20FN3O3S. The van der Waals surface area contributed by atoms with Crippen LogP contribution in [-0.2, 0) is 19.3 Å². The maximum atomic E-state index is 14.0. The number of benzene rings is 3. The summed E-state index contributed by atoms with van der Waals surface area (Å²) in [6, 6.07) is 20.5. The fraction of sp³-hybridized carbons (Fsp3) is 0.160. The minimum Gasteiger partial charge on any atom is -0.322 e. The molecule has 1 fully saturated rings. The molecule has 1 saturated heterocycles. The fourth-order valence-corrected chi connectivity index (χ4v) is 5.73. The first-order valence-corrected chi connectivity index (χ1v) is 11.4. The molecule has 2 heterocycles. The van der Waals surface area contributed by atoms with Crippen LogP contribution in [0, 0.1) is 12.7 Å². The Hall–Kier alpha value is -3.65. The second-order valence-corrected chi connectivity index (χ2v) is 9.11. The van der Waals surface area contributed by atoms with Crippen molar-refractivity contribution in [3.05, 3.63) is 89.7 Å². The van der Waals surface area contributed by atoms with Crippen LogP contribution in [0.5, 0.6) is 0 Å². The molecule has 6 nitrogen and oxygen atoms in total. The van der Waals surface area contributed by atoms with Gasteiger partial charge in [-0.15, -0.1) is 11.8 Å². The highest BCUT2D eigenvalue weighted by atomic mass is 32.2. The zero-order chi connectivity index (χ0) is 23.2. The number of halogens is 1. The van der Waals surface area contributed by atoms with Gasteiger partial charge in [0, 0.05) is 11.3 Å². The van der Waals surface area contributed by atoms with Gasteiger partial charge in [0.2, 0.25) is 16.7 Å². The molecule has 5 rings (SSSR count). The molecule has 1 spiro atoms. The number of hydrogen-bond acceptors (Lipinski definition) is 4. The van der Waals surface area contributed by atoms with Crippen LogP contribution < -0.4 is 15.1 Å². The van der Waals surface area contributed by atoms with Gasteiger partial charge < -0.3 is 5.32 Å². The summed E-state index contributed by atoms with van der Waals surface area (Å²) >= 11 is 1.25. The highest BCUT2D eigenvalue weighted by Crippen LogP contribution is 2.55. The number of carbonyl (C=O) groups is 3. The van der Waals surface area contributed by atoms with Gasteiger partial charge in [-0.05, 0) is 42.8 Å². The number of carbonyl (C=O) groups excluding carboxylic acids is 3. The van der Waals surface area contributed by atoms with E-state index >= 15 is 0 Å². The van der Waals surface area contributed by atoms with Crippen LogP contribution in [0.4, 0.5) is 21.5 Å². The van der Waals surface area contributed by atoms with Crippen molar-refractivity contribution < 1.29 is 18.8 Å². The van der Waals surface area contributed by atoms with Gasteiger partial charge in [-0.1, -0.05) is 42.5 Å². The van der Waals surface area contributed by atoms with Crippen molar-refractivity contribution in [2.24, 2.45) is 0 Å². The lowest BCUT2D eigenvalue weighted by Gasteiger charge is -2.33. The SMILES string of the molecule is Cc1cccc(N2C(=O)CSC23C(=O)N(CC(=O)Nc2ccccc2F)c2ccccc23)c1. The number of nitrogens with one attached hydrogen (secondary N) is 1. The number of anilines is 3. The van der Waals surface area contributed by atoms with Gasteiger partial charge in [-0.25, -0.2) is 4.39 Å². The van der Waals surface area contributed by atoms with Crippen molar-refractivity contribution in [3.8, 4) is 0 Å². The maximum absolute atomic E-state index is 14.0. The number of fused-ring (bicyclic) bond motifs is 2. The van der Waals surface area contributed by atoms with Crippen LogP contribution in [0.2, 0.25) is 0 Å². The van der Waals surface area contributed by atoms with E-state index in [9.17, 15) is 18.8 Å². The summed E-state index contributed by atoms with van der Waals surface area (Å²) in [5.74, 6) is -1.49. The fourth-order valence-electron chi connectivity index (χ4n) is 4.38. The molecule has 0 aromatic heterocycles. The summed E-state index contributed by atoms with van der Waals surface area (Å²) in [4.78, 5) is 41.3. The average Bonchev–Trinajstić information content (AvgIpc) is 3.26. The molecule has 1 N–H and O–H groups in total. The molecule has 0 radical (unpaired) electrons. The predicted octanol–water partition coefficient (Wildman–Crippen LogP) is 4.05. The Kier molecular flexibility index (Phi) is 5.17. The van der Waals surface area contributed by atoms with E-state index in [1.807, 2.05) is 43.3 Å². The Bertz CT molecular complexity index is 1300. The summed E-state index contributed by atoms with van der Waals surface area (Å²) in [6.45, 7) is 1.62. The lowest BCUT2D eigenvalue weighted by Crippen LogP contribution is -2.50. The number of hydrogen-bond donors (Lipinski definition) is 1. The van der Waals surface area contributed by atoms with Gasteiger partial charge in [-0.2, -0.15) is 0 Å². The normalized spacial score (nSPS) is 19.3. The summed E-state index contributed by atoms with van der Waals surface area (Å²) in [5, 5.41) is 2.53. The van der Waals surface area contributed by atoms with Crippen LogP contribution in [0.3, 0.4) is 0 Å². The number of amides is 3. The van der Waals surface area contributed by atoms with Gasteiger partial charge >= 0.3 is 0 Å². The Morgan fingerprint density at radius 1 is 1.06 bits per heavy atom. The van der Waals surface area contributed by atoms with Crippen molar-refractivity contribution >= 4 is 46.5 Å². The van der Waals surface area contributed by atoms with Gasteiger partial charge in [-0.3, -0.25) is 24.2 Å². The molecule has 0 aliphatic carbocycles. The quantitative estimate of drug-likeness (QED) is 0.637. The van der Waals surface area contributed by atoms with Crippen molar-refractivity contribution in [1.29, 1.82) is 0 Å². The molecule has 3 amide bonds. The first kappa shape index (κ1) is 21.2. The van der Waals surface area contributed by atoms with Crippen LogP contribution in [0.1, 0.15) is 11.1 Å². The smallest absolute Gasteiger partial charge is 0.269 e. The number of aryl methyl sites for hydroxylation is 1. The first-order valence-electron chi connectivity index (χ1n) is 10.4. The highest BCUT2D eigenvalue weighted by molar-refractivity contribution is 8.02. The summed E-state index contributed by atoms with van der Waals surface area (Å²) in [7, 11) is 0. The van der Waals surface area contributed by atoms with Crippen LogP contribution >= 0.6 is 11.8 Å². The Balaban J connectivity index is 1.53. The highest BCUT2D eigenvalue weighted by Gasteiger charge is 2.61. The van der Waals surface area contributed by atoms with E-state index in [0.29, 0.717) is 16.9 Å². The number of nitrogens with zero attached hydrogens (tertiary/aromatic N) is 2. The molecule has 166 valence electrons. The van der Waals surface area contributed by atoms with Crippen molar-refractivity contribution in [1.82, 2.24) is 0 Å². The second kappa shape index (κ2) is 8.04. The van der Waals surface area contributed by atoms with Gasteiger partial charge in [0.1, 0.15) is 12.4 Å². The van der Waals surface area contributed by atoms with Crippen LogP contribution in [0.15, 0.2) is 72.8 Å². The topological polar surface area (TPSA) is 69.7 Å². The molecule has 8 heteroatoms. The van der Waals surface area contributed by atoms with E-state index in [2.05, 4.69) is 5.32 Å². The second-order valence-electron chi connectivity index (χ2n) is 7.94.